The average molecular weight is 267 g/mol. The van der Waals surface area contributed by atoms with Crippen LogP contribution in [0.1, 0.15) is 18.4 Å². The van der Waals surface area contributed by atoms with E-state index in [1.807, 2.05) is 30.3 Å². The van der Waals surface area contributed by atoms with Gasteiger partial charge in [0.1, 0.15) is 6.04 Å². The molecule has 2 bridgehead atoms. The molecule has 102 valence electrons. The van der Waals surface area contributed by atoms with E-state index in [2.05, 4.69) is 0 Å². The second-order valence-electron chi connectivity index (χ2n) is 5.40. The molecule has 5 heteroatoms. The third-order valence-electron chi connectivity index (χ3n) is 4.24. The summed E-state index contributed by atoms with van der Waals surface area (Å²) in [5.41, 5.74) is 0.963. The van der Waals surface area contributed by atoms with Gasteiger partial charge in [-0.3, -0.25) is 9.69 Å². The van der Waals surface area contributed by atoms with Crippen LogP contribution in [-0.4, -0.2) is 34.0 Å². The van der Waals surface area contributed by atoms with Crippen molar-refractivity contribution < 1.29 is 18.7 Å². The minimum Gasteiger partial charge on any atom is -0.480 e. The number of piperidine rings is 1. The fourth-order valence-corrected chi connectivity index (χ4v) is 3.42. The molecule has 1 aliphatic carbocycles. The molecule has 3 atom stereocenters. The van der Waals surface area contributed by atoms with E-state index in [4.69, 9.17) is 0 Å². The van der Waals surface area contributed by atoms with E-state index in [0.29, 0.717) is 6.54 Å². The standard InChI is InChI=1S/C14H15F2NO2/c15-14(16)7-10-6-11(14)12(13(18)19)17(10)8-9-4-2-1-3-5-9/h1-5,10-12H,6-8H2,(H,18,19). The lowest BCUT2D eigenvalue weighted by Crippen LogP contribution is -2.51. The van der Waals surface area contributed by atoms with Gasteiger partial charge < -0.3 is 5.11 Å². The lowest BCUT2D eigenvalue weighted by atomic mass is 9.94. The summed E-state index contributed by atoms with van der Waals surface area (Å²) in [7, 11) is 0. The average Bonchev–Trinajstić information content (AvgIpc) is 2.83. The van der Waals surface area contributed by atoms with Gasteiger partial charge in [0.25, 0.3) is 5.92 Å². The first-order chi connectivity index (χ1) is 8.99. The third kappa shape index (κ3) is 2.02. The molecule has 1 aliphatic heterocycles. The second-order valence-corrected chi connectivity index (χ2v) is 5.40. The third-order valence-corrected chi connectivity index (χ3v) is 4.24. The molecule has 1 aromatic rings. The summed E-state index contributed by atoms with van der Waals surface area (Å²) in [6.07, 6.45) is 0.0745. The summed E-state index contributed by atoms with van der Waals surface area (Å²) in [5.74, 6) is -5.01. The number of carbonyl (C=O) groups is 1. The van der Waals surface area contributed by atoms with E-state index < -0.39 is 23.9 Å². The van der Waals surface area contributed by atoms with Gasteiger partial charge >= 0.3 is 5.97 Å². The first kappa shape index (κ1) is 12.5. The number of hydrogen-bond acceptors (Lipinski definition) is 2. The topological polar surface area (TPSA) is 40.5 Å². The van der Waals surface area contributed by atoms with Gasteiger partial charge in [0.2, 0.25) is 0 Å². The highest BCUT2D eigenvalue weighted by Gasteiger charge is 2.63. The summed E-state index contributed by atoms with van der Waals surface area (Å²) in [4.78, 5) is 13.0. The molecule has 1 saturated heterocycles. The molecule has 2 aliphatic rings. The van der Waals surface area contributed by atoms with Crippen LogP contribution in [0, 0.1) is 5.92 Å². The Kier molecular flexibility index (Phi) is 2.82. The predicted molar refractivity (Wildman–Crippen MR) is 64.9 cm³/mol. The van der Waals surface area contributed by atoms with Gasteiger partial charge in [0.15, 0.2) is 0 Å². The van der Waals surface area contributed by atoms with Crippen LogP contribution in [0.15, 0.2) is 30.3 Å². The first-order valence-electron chi connectivity index (χ1n) is 6.39. The van der Waals surface area contributed by atoms with Gasteiger partial charge in [-0.15, -0.1) is 0 Å². The lowest BCUT2D eigenvalue weighted by molar-refractivity contribution is -0.157. The van der Waals surface area contributed by atoms with Crippen molar-refractivity contribution in [3.05, 3.63) is 35.9 Å². The Hall–Kier alpha value is -1.49. The van der Waals surface area contributed by atoms with Crippen molar-refractivity contribution >= 4 is 5.97 Å². The molecule has 19 heavy (non-hydrogen) atoms. The molecule has 0 radical (unpaired) electrons. The van der Waals surface area contributed by atoms with E-state index >= 15 is 0 Å². The largest absolute Gasteiger partial charge is 0.480 e. The number of benzene rings is 1. The summed E-state index contributed by atoms with van der Waals surface area (Å²) < 4.78 is 27.3. The molecule has 1 saturated carbocycles. The number of likely N-dealkylation sites (tertiary alicyclic amines) is 1. The number of nitrogens with zero attached hydrogens (tertiary/aromatic N) is 1. The highest BCUT2D eigenvalue weighted by Crippen LogP contribution is 2.52. The van der Waals surface area contributed by atoms with Crippen LogP contribution in [0.5, 0.6) is 0 Å². The molecule has 2 fully saturated rings. The number of halogens is 2. The van der Waals surface area contributed by atoms with Crippen molar-refractivity contribution in [2.24, 2.45) is 5.92 Å². The van der Waals surface area contributed by atoms with Crippen molar-refractivity contribution in [2.45, 2.75) is 37.4 Å². The molecule has 0 amide bonds. The maximum atomic E-state index is 13.7. The molecular weight excluding hydrogens is 252 g/mol. The van der Waals surface area contributed by atoms with Gasteiger partial charge in [-0.2, -0.15) is 0 Å². The molecule has 0 aromatic heterocycles. The second kappa shape index (κ2) is 4.27. The van der Waals surface area contributed by atoms with Crippen LogP contribution >= 0.6 is 0 Å². The van der Waals surface area contributed by atoms with Gasteiger partial charge in [-0.05, 0) is 12.0 Å². The smallest absolute Gasteiger partial charge is 0.321 e. The zero-order valence-electron chi connectivity index (χ0n) is 10.3. The van der Waals surface area contributed by atoms with E-state index in [-0.39, 0.29) is 18.9 Å². The van der Waals surface area contributed by atoms with E-state index in [9.17, 15) is 18.7 Å². The van der Waals surface area contributed by atoms with Crippen LogP contribution in [-0.2, 0) is 11.3 Å². The fourth-order valence-electron chi connectivity index (χ4n) is 3.42. The van der Waals surface area contributed by atoms with E-state index in [1.165, 1.54) is 0 Å². The Morgan fingerprint density at radius 3 is 2.68 bits per heavy atom. The summed E-state index contributed by atoms with van der Waals surface area (Å²) in [6, 6.07) is 8.02. The number of aliphatic carboxylic acids is 1. The molecule has 3 rings (SSSR count). The summed E-state index contributed by atoms with van der Waals surface area (Å²) in [6.45, 7) is 0.426. The Bertz CT molecular complexity index is 491. The van der Waals surface area contributed by atoms with Crippen molar-refractivity contribution in [1.82, 2.24) is 4.90 Å². The molecule has 0 spiro atoms. The number of carboxylic acids is 1. The van der Waals surface area contributed by atoms with Crippen molar-refractivity contribution in [3.63, 3.8) is 0 Å². The molecule has 3 unspecified atom stereocenters. The zero-order valence-corrected chi connectivity index (χ0v) is 10.3. The monoisotopic (exact) mass is 267 g/mol. The highest BCUT2D eigenvalue weighted by atomic mass is 19.3. The van der Waals surface area contributed by atoms with Crippen LogP contribution in [0.25, 0.3) is 0 Å². The summed E-state index contributed by atoms with van der Waals surface area (Å²) >= 11 is 0. The number of hydrogen-bond donors (Lipinski definition) is 1. The van der Waals surface area contributed by atoms with Gasteiger partial charge in [-0.1, -0.05) is 30.3 Å². The fraction of sp³-hybridized carbons (Fsp3) is 0.500. The van der Waals surface area contributed by atoms with Crippen LogP contribution < -0.4 is 0 Å². The van der Waals surface area contributed by atoms with Crippen LogP contribution in [0.2, 0.25) is 0 Å². The summed E-state index contributed by atoms with van der Waals surface area (Å²) in [5, 5.41) is 9.24. The van der Waals surface area contributed by atoms with Gasteiger partial charge in [-0.25, -0.2) is 8.78 Å². The first-order valence-corrected chi connectivity index (χ1v) is 6.39. The van der Waals surface area contributed by atoms with Gasteiger partial charge in [0, 0.05) is 19.0 Å². The molecule has 1 aromatic carbocycles. The minimum atomic E-state index is -2.83. The Labute approximate surface area is 109 Å². The van der Waals surface area contributed by atoms with E-state index in [1.54, 1.807) is 4.90 Å². The molecule has 1 N–H and O–H groups in total. The normalized spacial score (nSPS) is 32.6. The molecule has 1 heterocycles. The number of carboxylic acid groups (broad SMARTS) is 1. The van der Waals surface area contributed by atoms with Crippen LogP contribution in [0.3, 0.4) is 0 Å². The number of alkyl halides is 2. The minimum absolute atomic E-state index is 0.214. The molecule has 3 nitrogen and oxygen atoms in total. The van der Waals surface area contributed by atoms with Crippen molar-refractivity contribution in [1.29, 1.82) is 0 Å². The lowest BCUT2D eigenvalue weighted by Gasteiger charge is -2.36. The highest BCUT2D eigenvalue weighted by molar-refractivity contribution is 5.75. The quantitative estimate of drug-likeness (QED) is 0.914. The number of fused-ring (bicyclic) bond motifs is 2. The Morgan fingerprint density at radius 1 is 1.37 bits per heavy atom. The maximum absolute atomic E-state index is 13.7. The zero-order chi connectivity index (χ0) is 13.6. The predicted octanol–water partition coefficient (Wildman–Crippen LogP) is 2.37. The SMILES string of the molecule is O=C(O)C1C2CC(CC2(F)F)N1Cc1ccccc1. The maximum Gasteiger partial charge on any atom is 0.321 e. The van der Waals surface area contributed by atoms with E-state index in [0.717, 1.165) is 5.56 Å². The number of rotatable bonds is 3. The van der Waals surface area contributed by atoms with Gasteiger partial charge in [0.05, 0.1) is 5.92 Å². The Morgan fingerprint density at radius 2 is 2.05 bits per heavy atom. The van der Waals surface area contributed by atoms with Crippen molar-refractivity contribution in [3.8, 4) is 0 Å². The van der Waals surface area contributed by atoms with Crippen LogP contribution in [0.4, 0.5) is 8.78 Å². The Balaban J connectivity index is 1.84. The molecular formula is C14H15F2NO2. The van der Waals surface area contributed by atoms with Crippen molar-refractivity contribution in [2.75, 3.05) is 0 Å².